The van der Waals surface area contributed by atoms with E-state index in [0.717, 1.165) is 24.0 Å². The van der Waals surface area contributed by atoms with Crippen molar-refractivity contribution in [2.45, 2.75) is 50.8 Å². The second-order valence-electron chi connectivity index (χ2n) is 6.60. The molecule has 5 nitrogen and oxygen atoms in total. The van der Waals surface area contributed by atoms with E-state index in [4.69, 9.17) is 0 Å². The fourth-order valence-corrected chi connectivity index (χ4v) is 4.01. The molecule has 0 bridgehead atoms. The Labute approximate surface area is 139 Å². The van der Waals surface area contributed by atoms with Gasteiger partial charge >= 0.3 is 0 Å². The summed E-state index contributed by atoms with van der Waals surface area (Å²) in [5.41, 5.74) is 2.35. The van der Waals surface area contributed by atoms with E-state index in [9.17, 15) is 13.2 Å². The van der Waals surface area contributed by atoms with Crippen LogP contribution in [0.25, 0.3) is 0 Å². The molecule has 0 spiro atoms. The first-order chi connectivity index (χ1) is 10.7. The Kier molecular flexibility index (Phi) is 5.47. The standard InChI is InChI=1S/C17H26N2O3S/c1-12-9-15(23(21,22)19(3)4)11-16(13(12)2)18-17(20)10-14-7-5-6-8-14/h9,11,14H,5-8,10H2,1-4H3,(H,18,20). The van der Waals surface area contributed by atoms with Crippen LogP contribution in [0.5, 0.6) is 0 Å². The van der Waals surface area contributed by atoms with E-state index in [-0.39, 0.29) is 10.8 Å². The highest BCUT2D eigenvalue weighted by Crippen LogP contribution is 2.29. The first-order valence-electron chi connectivity index (χ1n) is 8.05. The lowest BCUT2D eigenvalue weighted by molar-refractivity contribution is -0.117. The molecule has 1 aromatic carbocycles. The molecule has 1 aliphatic carbocycles. The number of hydrogen-bond donors (Lipinski definition) is 1. The molecule has 1 saturated carbocycles. The van der Waals surface area contributed by atoms with Crippen LogP contribution in [0.2, 0.25) is 0 Å². The Bertz CT molecular complexity index is 690. The third kappa shape index (κ3) is 4.12. The van der Waals surface area contributed by atoms with E-state index < -0.39 is 10.0 Å². The van der Waals surface area contributed by atoms with Gasteiger partial charge in [-0.1, -0.05) is 12.8 Å². The van der Waals surface area contributed by atoms with Crippen LogP contribution in [-0.4, -0.2) is 32.7 Å². The molecule has 128 valence electrons. The molecular formula is C17H26N2O3S. The maximum absolute atomic E-state index is 12.3. The van der Waals surface area contributed by atoms with Crippen molar-refractivity contribution in [3.8, 4) is 0 Å². The number of benzene rings is 1. The van der Waals surface area contributed by atoms with Crippen LogP contribution < -0.4 is 5.32 Å². The van der Waals surface area contributed by atoms with Gasteiger partial charge in [-0.25, -0.2) is 12.7 Å². The van der Waals surface area contributed by atoms with Gasteiger partial charge in [-0.15, -0.1) is 0 Å². The number of anilines is 1. The van der Waals surface area contributed by atoms with Crippen molar-refractivity contribution < 1.29 is 13.2 Å². The van der Waals surface area contributed by atoms with Gasteiger partial charge in [-0.3, -0.25) is 4.79 Å². The van der Waals surface area contributed by atoms with E-state index in [1.54, 1.807) is 12.1 Å². The van der Waals surface area contributed by atoms with Crippen LogP contribution in [0, 0.1) is 19.8 Å². The molecular weight excluding hydrogens is 312 g/mol. The lowest BCUT2D eigenvalue weighted by Crippen LogP contribution is -2.23. The van der Waals surface area contributed by atoms with Gasteiger partial charge in [-0.05, 0) is 55.9 Å². The molecule has 0 saturated heterocycles. The Morgan fingerprint density at radius 1 is 1.22 bits per heavy atom. The largest absolute Gasteiger partial charge is 0.326 e. The van der Waals surface area contributed by atoms with Gasteiger partial charge in [0, 0.05) is 26.2 Å². The van der Waals surface area contributed by atoms with Gasteiger partial charge in [0.25, 0.3) is 0 Å². The van der Waals surface area contributed by atoms with E-state index in [1.165, 1.54) is 31.2 Å². The number of hydrogen-bond acceptors (Lipinski definition) is 3. The lowest BCUT2D eigenvalue weighted by Gasteiger charge is -2.17. The summed E-state index contributed by atoms with van der Waals surface area (Å²) < 4.78 is 25.8. The fraction of sp³-hybridized carbons (Fsp3) is 0.588. The topological polar surface area (TPSA) is 66.5 Å². The summed E-state index contributed by atoms with van der Waals surface area (Å²) in [5.74, 6) is 0.434. The average molecular weight is 338 g/mol. The van der Waals surface area contributed by atoms with Crippen LogP contribution >= 0.6 is 0 Å². The third-order valence-corrected chi connectivity index (χ3v) is 6.44. The first-order valence-corrected chi connectivity index (χ1v) is 9.49. The second kappa shape index (κ2) is 7.01. The summed E-state index contributed by atoms with van der Waals surface area (Å²) in [6.07, 6.45) is 5.14. The molecule has 0 aromatic heterocycles. The van der Waals surface area contributed by atoms with Crippen molar-refractivity contribution in [2.24, 2.45) is 5.92 Å². The third-order valence-electron chi connectivity index (χ3n) is 4.64. The zero-order valence-corrected chi connectivity index (χ0v) is 15.2. The number of carbonyl (C=O) groups is 1. The van der Waals surface area contributed by atoms with E-state index >= 15 is 0 Å². The SMILES string of the molecule is Cc1cc(S(=O)(=O)N(C)C)cc(NC(=O)CC2CCCC2)c1C. The molecule has 2 rings (SSSR count). The van der Waals surface area contributed by atoms with Gasteiger partial charge < -0.3 is 5.32 Å². The smallest absolute Gasteiger partial charge is 0.242 e. The molecule has 0 unspecified atom stereocenters. The van der Waals surface area contributed by atoms with E-state index in [0.29, 0.717) is 18.0 Å². The van der Waals surface area contributed by atoms with Crippen molar-refractivity contribution in [1.82, 2.24) is 4.31 Å². The zero-order valence-electron chi connectivity index (χ0n) is 14.3. The van der Waals surface area contributed by atoms with Crippen molar-refractivity contribution in [3.05, 3.63) is 23.3 Å². The van der Waals surface area contributed by atoms with E-state index in [2.05, 4.69) is 5.32 Å². The Hall–Kier alpha value is -1.40. The molecule has 0 atom stereocenters. The Morgan fingerprint density at radius 3 is 2.39 bits per heavy atom. The molecule has 23 heavy (non-hydrogen) atoms. The lowest BCUT2D eigenvalue weighted by atomic mass is 10.0. The number of amides is 1. The number of nitrogens with one attached hydrogen (secondary N) is 1. The van der Waals surface area contributed by atoms with Gasteiger partial charge in [0.1, 0.15) is 0 Å². The summed E-state index contributed by atoms with van der Waals surface area (Å²) in [5, 5.41) is 2.91. The fourth-order valence-electron chi connectivity index (χ4n) is 2.99. The van der Waals surface area contributed by atoms with Gasteiger partial charge in [0.15, 0.2) is 0 Å². The predicted octanol–water partition coefficient (Wildman–Crippen LogP) is 3.07. The first kappa shape index (κ1) is 17.9. The minimum absolute atomic E-state index is 0.0289. The van der Waals surface area contributed by atoms with Crippen molar-refractivity contribution in [1.29, 1.82) is 0 Å². The summed E-state index contributed by atoms with van der Waals surface area (Å²) in [6, 6.07) is 3.21. The Balaban J connectivity index is 2.24. The van der Waals surface area contributed by atoms with Gasteiger partial charge in [0.2, 0.25) is 15.9 Å². The molecule has 0 radical (unpaired) electrons. The molecule has 1 aromatic rings. The van der Waals surface area contributed by atoms with Crippen molar-refractivity contribution in [3.63, 3.8) is 0 Å². The maximum atomic E-state index is 12.3. The van der Waals surface area contributed by atoms with Crippen LogP contribution in [0.1, 0.15) is 43.2 Å². The number of carbonyl (C=O) groups excluding carboxylic acids is 1. The molecule has 0 heterocycles. The molecule has 6 heteroatoms. The summed E-state index contributed by atoms with van der Waals surface area (Å²) in [7, 11) is -0.509. The molecule has 1 N–H and O–H groups in total. The quantitative estimate of drug-likeness (QED) is 0.897. The molecule has 1 amide bonds. The van der Waals surface area contributed by atoms with Gasteiger partial charge in [-0.2, -0.15) is 0 Å². The highest BCUT2D eigenvalue weighted by molar-refractivity contribution is 7.89. The van der Waals surface area contributed by atoms with Crippen LogP contribution in [0.4, 0.5) is 5.69 Å². The number of nitrogens with zero attached hydrogens (tertiary/aromatic N) is 1. The molecule has 1 fully saturated rings. The minimum atomic E-state index is -3.51. The summed E-state index contributed by atoms with van der Waals surface area (Å²) in [6.45, 7) is 3.75. The summed E-state index contributed by atoms with van der Waals surface area (Å²) in [4.78, 5) is 12.5. The monoisotopic (exact) mass is 338 g/mol. The number of aryl methyl sites for hydroxylation is 1. The molecule has 0 aliphatic heterocycles. The maximum Gasteiger partial charge on any atom is 0.242 e. The minimum Gasteiger partial charge on any atom is -0.326 e. The summed E-state index contributed by atoms with van der Waals surface area (Å²) >= 11 is 0. The average Bonchev–Trinajstić information content (AvgIpc) is 2.96. The highest BCUT2D eigenvalue weighted by Gasteiger charge is 2.22. The van der Waals surface area contributed by atoms with Crippen molar-refractivity contribution in [2.75, 3.05) is 19.4 Å². The van der Waals surface area contributed by atoms with Crippen molar-refractivity contribution >= 4 is 21.6 Å². The van der Waals surface area contributed by atoms with E-state index in [1.807, 2.05) is 13.8 Å². The number of sulfonamides is 1. The van der Waals surface area contributed by atoms with Crippen LogP contribution in [-0.2, 0) is 14.8 Å². The molecule has 1 aliphatic rings. The predicted molar refractivity (Wildman–Crippen MR) is 92.0 cm³/mol. The highest BCUT2D eigenvalue weighted by atomic mass is 32.2. The zero-order chi connectivity index (χ0) is 17.2. The second-order valence-corrected chi connectivity index (χ2v) is 8.75. The Morgan fingerprint density at radius 2 is 1.83 bits per heavy atom. The van der Waals surface area contributed by atoms with Gasteiger partial charge in [0.05, 0.1) is 4.90 Å². The van der Waals surface area contributed by atoms with Crippen LogP contribution in [0.15, 0.2) is 17.0 Å². The van der Waals surface area contributed by atoms with Crippen LogP contribution in [0.3, 0.4) is 0 Å². The number of rotatable bonds is 5. The normalized spacial score (nSPS) is 16.0.